The quantitative estimate of drug-likeness (QED) is 0.645. The van der Waals surface area contributed by atoms with E-state index in [-0.39, 0.29) is 18.5 Å². The summed E-state index contributed by atoms with van der Waals surface area (Å²) in [5.74, 6) is 0.173. The summed E-state index contributed by atoms with van der Waals surface area (Å²) < 4.78 is 42.5. The van der Waals surface area contributed by atoms with Crippen molar-refractivity contribution in [2.45, 2.75) is 25.7 Å². The fraction of sp³-hybridized carbons (Fsp3) is 0.462. The maximum Gasteiger partial charge on any atom is 0.416 e. The smallest absolute Gasteiger partial charge is 0.383 e. The van der Waals surface area contributed by atoms with Crippen molar-refractivity contribution in [1.82, 2.24) is 5.32 Å². The first-order valence-corrected chi connectivity index (χ1v) is 6.04. The van der Waals surface area contributed by atoms with E-state index in [1.165, 1.54) is 6.07 Å². The molecule has 1 aromatic carbocycles. The Bertz CT molecular complexity index is 460. The molecule has 112 valence electrons. The summed E-state index contributed by atoms with van der Waals surface area (Å²) in [6.07, 6.45) is -4.35. The van der Waals surface area contributed by atoms with E-state index in [4.69, 9.17) is 10.5 Å². The standard InChI is InChI=1S/C13H18F3N3O/c1-9(8-20-2)19-12(17)18-7-10-4-3-5-11(6-10)13(14,15)16/h3-6,9H,7-8H2,1-2H3,(H3,17,18,19). The third-order valence-corrected chi connectivity index (χ3v) is 2.50. The van der Waals surface area contributed by atoms with Crippen LogP contribution in [-0.4, -0.2) is 25.7 Å². The second-order valence-corrected chi connectivity index (χ2v) is 4.40. The summed E-state index contributed by atoms with van der Waals surface area (Å²) in [5, 5.41) is 2.88. The van der Waals surface area contributed by atoms with Crippen LogP contribution in [0.15, 0.2) is 29.3 Å². The number of methoxy groups -OCH3 is 1. The average molecular weight is 289 g/mol. The van der Waals surface area contributed by atoms with Crippen LogP contribution in [0.1, 0.15) is 18.1 Å². The van der Waals surface area contributed by atoms with Crippen LogP contribution in [-0.2, 0) is 17.5 Å². The summed E-state index contributed by atoms with van der Waals surface area (Å²) in [6, 6.07) is 4.99. The monoisotopic (exact) mass is 289 g/mol. The van der Waals surface area contributed by atoms with Gasteiger partial charge in [-0.2, -0.15) is 13.2 Å². The number of halogens is 3. The van der Waals surface area contributed by atoms with Crippen molar-refractivity contribution in [2.75, 3.05) is 13.7 Å². The van der Waals surface area contributed by atoms with Gasteiger partial charge in [-0.1, -0.05) is 12.1 Å². The molecule has 3 N–H and O–H groups in total. The van der Waals surface area contributed by atoms with E-state index in [0.717, 1.165) is 12.1 Å². The molecule has 1 unspecified atom stereocenters. The summed E-state index contributed by atoms with van der Waals surface area (Å²) in [7, 11) is 1.56. The lowest BCUT2D eigenvalue weighted by Gasteiger charge is -2.13. The van der Waals surface area contributed by atoms with Crippen molar-refractivity contribution in [3.8, 4) is 0 Å². The number of nitrogens with one attached hydrogen (secondary N) is 1. The van der Waals surface area contributed by atoms with Crippen LogP contribution in [0.25, 0.3) is 0 Å². The molecule has 0 saturated heterocycles. The molecule has 4 nitrogen and oxygen atoms in total. The third kappa shape index (κ3) is 5.48. The zero-order valence-corrected chi connectivity index (χ0v) is 11.4. The molecule has 1 rings (SSSR count). The highest BCUT2D eigenvalue weighted by Crippen LogP contribution is 2.29. The van der Waals surface area contributed by atoms with E-state index in [0.29, 0.717) is 12.2 Å². The number of alkyl halides is 3. The second-order valence-electron chi connectivity index (χ2n) is 4.40. The normalized spacial score (nSPS) is 14.2. The van der Waals surface area contributed by atoms with Crippen molar-refractivity contribution in [3.05, 3.63) is 35.4 Å². The number of aliphatic imine (C=N–C) groups is 1. The van der Waals surface area contributed by atoms with Gasteiger partial charge in [0.2, 0.25) is 0 Å². The number of ether oxygens (including phenoxy) is 1. The molecule has 1 atom stereocenters. The molecule has 0 aliphatic heterocycles. The zero-order chi connectivity index (χ0) is 15.2. The lowest BCUT2D eigenvalue weighted by Crippen LogP contribution is -2.40. The Kier molecular flexibility index (Phi) is 5.82. The largest absolute Gasteiger partial charge is 0.416 e. The van der Waals surface area contributed by atoms with Gasteiger partial charge in [0.05, 0.1) is 18.7 Å². The van der Waals surface area contributed by atoms with Crippen molar-refractivity contribution in [2.24, 2.45) is 10.7 Å². The molecule has 0 aliphatic rings. The Balaban J connectivity index is 2.65. The molecular formula is C13H18F3N3O. The van der Waals surface area contributed by atoms with Gasteiger partial charge in [0.1, 0.15) is 0 Å². The number of guanidine groups is 1. The third-order valence-electron chi connectivity index (χ3n) is 2.50. The lowest BCUT2D eigenvalue weighted by molar-refractivity contribution is -0.137. The first kappa shape index (κ1) is 16.3. The predicted octanol–water partition coefficient (Wildman–Crippen LogP) is 2.14. The van der Waals surface area contributed by atoms with Crippen molar-refractivity contribution in [3.63, 3.8) is 0 Å². The molecule has 0 radical (unpaired) electrons. The molecule has 0 aliphatic carbocycles. The van der Waals surface area contributed by atoms with Gasteiger partial charge < -0.3 is 15.8 Å². The Morgan fingerprint density at radius 3 is 2.75 bits per heavy atom. The summed E-state index contributed by atoms with van der Waals surface area (Å²) in [4.78, 5) is 4.00. The Labute approximate surface area is 115 Å². The molecule has 0 bridgehead atoms. The molecule has 7 heteroatoms. The first-order valence-electron chi connectivity index (χ1n) is 6.04. The van der Waals surface area contributed by atoms with E-state index < -0.39 is 11.7 Å². The van der Waals surface area contributed by atoms with Crippen LogP contribution in [0.3, 0.4) is 0 Å². The Morgan fingerprint density at radius 2 is 2.15 bits per heavy atom. The van der Waals surface area contributed by atoms with Gasteiger partial charge in [-0.05, 0) is 24.6 Å². The number of hydrogen-bond donors (Lipinski definition) is 2. The molecule has 0 spiro atoms. The fourth-order valence-electron chi connectivity index (χ4n) is 1.61. The molecule has 0 aromatic heterocycles. The Hall–Kier alpha value is -1.76. The number of rotatable bonds is 5. The van der Waals surface area contributed by atoms with Gasteiger partial charge in [0.15, 0.2) is 5.96 Å². The van der Waals surface area contributed by atoms with E-state index >= 15 is 0 Å². The number of nitrogens with zero attached hydrogens (tertiary/aromatic N) is 1. The first-order chi connectivity index (χ1) is 9.32. The highest BCUT2D eigenvalue weighted by atomic mass is 19.4. The topological polar surface area (TPSA) is 59.6 Å². The summed E-state index contributed by atoms with van der Waals surface area (Å²) in [5.41, 5.74) is 5.40. The molecule has 1 aromatic rings. The minimum Gasteiger partial charge on any atom is -0.383 e. The molecule has 0 fully saturated rings. The van der Waals surface area contributed by atoms with Gasteiger partial charge in [-0.15, -0.1) is 0 Å². The maximum absolute atomic E-state index is 12.5. The van der Waals surface area contributed by atoms with Crippen LogP contribution in [0.5, 0.6) is 0 Å². The van der Waals surface area contributed by atoms with Gasteiger partial charge in [-0.3, -0.25) is 0 Å². The average Bonchev–Trinajstić information content (AvgIpc) is 2.36. The van der Waals surface area contributed by atoms with Gasteiger partial charge >= 0.3 is 6.18 Å². The van der Waals surface area contributed by atoms with Gasteiger partial charge in [-0.25, -0.2) is 4.99 Å². The van der Waals surface area contributed by atoms with Crippen molar-refractivity contribution >= 4 is 5.96 Å². The number of benzene rings is 1. The second kappa shape index (κ2) is 7.14. The number of nitrogens with two attached hydrogens (primary N) is 1. The SMILES string of the molecule is COCC(C)NC(N)=NCc1cccc(C(F)(F)F)c1. The molecular weight excluding hydrogens is 271 g/mol. The van der Waals surface area contributed by atoms with Crippen LogP contribution in [0.4, 0.5) is 13.2 Å². The van der Waals surface area contributed by atoms with E-state index in [1.54, 1.807) is 13.2 Å². The van der Waals surface area contributed by atoms with E-state index in [1.807, 2.05) is 6.92 Å². The molecule has 0 amide bonds. The summed E-state index contributed by atoms with van der Waals surface area (Å²) >= 11 is 0. The van der Waals surface area contributed by atoms with Crippen LogP contribution in [0, 0.1) is 0 Å². The minimum absolute atomic E-state index is 0.0229. The van der Waals surface area contributed by atoms with Crippen molar-refractivity contribution < 1.29 is 17.9 Å². The van der Waals surface area contributed by atoms with Gasteiger partial charge in [0.25, 0.3) is 0 Å². The van der Waals surface area contributed by atoms with Crippen molar-refractivity contribution in [1.29, 1.82) is 0 Å². The lowest BCUT2D eigenvalue weighted by atomic mass is 10.1. The zero-order valence-electron chi connectivity index (χ0n) is 11.4. The number of hydrogen-bond acceptors (Lipinski definition) is 2. The highest BCUT2D eigenvalue weighted by molar-refractivity contribution is 5.78. The minimum atomic E-state index is -4.35. The fourth-order valence-corrected chi connectivity index (χ4v) is 1.61. The molecule has 0 heterocycles. The molecule has 20 heavy (non-hydrogen) atoms. The van der Waals surface area contributed by atoms with E-state index in [9.17, 15) is 13.2 Å². The Morgan fingerprint density at radius 1 is 1.45 bits per heavy atom. The van der Waals surface area contributed by atoms with Crippen LogP contribution < -0.4 is 11.1 Å². The maximum atomic E-state index is 12.5. The van der Waals surface area contributed by atoms with Crippen LogP contribution >= 0.6 is 0 Å². The highest BCUT2D eigenvalue weighted by Gasteiger charge is 2.30. The summed E-state index contributed by atoms with van der Waals surface area (Å²) in [6.45, 7) is 2.40. The predicted molar refractivity (Wildman–Crippen MR) is 71.2 cm³/mol. The van der Waals surface area contributed by atoms with Crippen LogP contribution in [0.2, 0.25) is 0 Å². The van der Waals surface area contributed by atoms with E-state index in [2.05, 4.69) is 10.3 Å². The van der Waals surface area contributed by atoms with Gasteiger partial charge in [0, 0.05) is 13.2 Å². The molecule has 0 saturated carbocycles.